The number of carboxylic acid groups (broad SMARTS) is 1. The molecule has 0 aromatic heterocycles. The molecule has 5 nitrogen and oxygen atoms in total. The molecule has 0 bridgehead atoms. The summed E-state index contributed by atoms with van der Waals surface area (Å²) in [6, 6.07) is -0.856. The highest BCUT2D eigenvalue weighted by molar-refractivity contribution is 5.84. The number of nitrogens with two attached hydrogens (primary N) is 1. The molecule has 0 aromatic carbocycles. The van der Waals surface area contributed by atoms with E-state index in [1.165, 1.54) is 0 Å². The lowest BCUT2D eigenvalue weighted by Gasteiger charge is -2.32. The highest BCUT2D eigenvalue weighted by Crippen LogP contribution is 2.27. The van der Waals surface area contributed by atoms with Crippen LogP contribution in [0.15, 0.2) is 0 Å². The fourth-order valence-corrected chi connectivity index (χ4v) is 2.13. The molecule has 0 aliphatic carbocycles. The number of amides is 1. The maximum atomic E-state index is 12.2. The van der Waals surface area contributed by atoms with E-state index in [9.17, 15) is 9.59 Å². The van der Waals surface area contributed by atoms with E-state index in [0.29, 0.717) is 13.0 Å². The molecule has 3 N–H and O–H groups in total. The lowest BCUT2D eigenvalue weighted by Crippen LogP contribution is -2.52. The Morgan fingerprint density at radius 2 is 1.94 bits per heavy atom. The molecule has 1 aliphatic heterocycles. The van der Waals surface area contributed by atoms with Gasteiger partial charge in [-0.15, -0.1) is 0 Å². The van der Waals surface area contributed by atoms with Crippen molar-refractivity contribution in [2.24, 2.45) is 17.1 Å². The van der Waals surface area contributed by atoms with Gasteiger partial charge in [0, 0.05) is 12.6 Å². The summed E-state index contributed by atoms with van der Waals surface area (Å²) in [5.74, 6) is -1.45. The quantitative estimate of drug-likeness (QED) is 0.746. The summed E-state index contributed by atoms with van der Waals surface area (Å²) in [7, 11) is 0. The number of carbonyl (C=O) groups excluding carboxylic acids is 1. The number of carbonyl (C=O) groups is 2. The van der Waals surface area contributed by atoms with Gasteiger partial charge in [-0.3, -0.25) is 9.59 Å². The topological polar surface area (TPSA) is 83.6 Å². The van der Waals surface area contributed by atoms with Gasteiger partial charge in [-0.1, -0.05) is 20.8 Å². The Labute approximate surface area is 102 Å². The van der Waals surface area contributed by atoms with Crippen molar-refractivity contribution in [2.45, 2.75) is 46.2 Å². The fraction of sp³-hybridized carbons (Fsp3) is 0.833. The van der Waals surface area contributed by atoms with Crippen LogP contribution in [0.4, 0.5) is 0 Å². The fourth-order valence-electron chi connectivity index (χ4n) is 2.13. The van der Waals surface area contributed by atoms with Gasteiger partial charge in [0.2, 0.25) is 5.91 Å². The Bertz CT molecular complexity index is 322. The van der Waals surface area contributed by atoms with E-state index < -0.39 is 17.9 Å². The van der Waals surface area contributed by atoms with Crippen LogP contribution in [0.3, 0.4) is 0 Å². The van der Waals surface area contributed by atoms with Crippen molar-refractivity contribution < 1.29 is 14.7 Å². The van der Waals surface area contributed by atoms with Gasteiger partial charge in [0.05, 0.1) is 12.0 Å². The second-order valence-corrected chi connectivity index (χ2v) is 5.85. The van der Waals surface area contributed by atoms with Crippen molar-refractivity contribution in [3.63, 3.8) is 0 Å². The highest BCUT2D eigenvalue weighted by atomic mass is 16.4. The van der Waals surface area contributed by atoms with E-state index in [4.69, 9.17) is 10.8 Å². The number of aliphatic carboxylic acids is 1. The van der Waals surface area contributed by atoms with E-state index in [1.54, 1.807) is 11.8 Å². The smallest absolute Gasteiger partial charge is 0.308 e. The van der Waals surface area contributed by atoms with Gasteiger partial charge in [-0.2, -0.15) is 0 Å². The Kier molecular flexibility index (Phi) is 3.81. The molecule has 1 aliphatic rings. The number of carboxylic acids is 1. The average Bonchev–Trinajstić information content (AvgIpc) is 2.56. The molecule has 1 saturated heterocycles. The molecule has 1 rings (SSSR count). The zero-order valence-electron chi connectivity index (χ0n) is 10.9. The summed E-state index contributed by atoms with van der Waals surface area (Å²) >= 11 is 0. The van der Waals surface area contributed by atoms with E-state index in [0.717, 1.165) is 0 Å². The van der Waals surface area contributed by atoms with Crippen LogP contribution in [0.5, 0.6) is 0 Å². The zero-order valence-corrected chi connectivity index (χ0v) is 10.9. The van der Waals surface area contributed by atoms with E-state index in [-0.39, 0.29) is 17.4 Å². The summed E-state index contributed by atoms with van der Waals surface area (Å²) in [6.07, 6.45) is 0.513. The van der Waals surface area contributed by atoms with Crippen LogP contribution in [0.1, 0.15) is 34.1 Å². The maximum Gasteiger partial charge on any atom is 0.308 e. The first-order chi connectivity index (χ1) is 7.66. The van der Waals surface area contributed by atoms with Crippen molar-refractivity contribution >= 4 is 11.9 Å². The summed E-state index contributed by atoms with van der Waals surface area (Å²) < 4.78 is 0. The van der Waals surface area contributed by atoms with Crippen molar-refractivity contribution in [1.82, 2.24) is 4.90 Å². The zero-order chi connectivity index (χ0) is 13.4. The average molecular weight is 242 g/mol. The molecule has 0 aromatic rings. The molecule has 0 spiro atoms. The molecule has 1 fully saturated rings. The van der Waals surface area contributed by atoms with Crippen LogP contribution < -0.4 is 5.73 Å². The van der Waals surface area contributed by atoms with Crippen molar-refractivity contribution in [2.75, 3.05) is 6.54 Å². The van der Waals surface area contributed by atoms with Gasteiger partial charge < -0.3 is 15.7 Å². The lowest BCUT2D eigenvalue weighted by molar-refractivity contribution is -0.143. The van der Waals surface area contributed by atoms with Crippen LogP contribution in [0.25, 0.3) is 0 Å². The Hall–Kier alpha value is -1.10. The number of nitrogens with zero attached hydrogens (tertiary/aromatic N) is 1. The number of likely N-dealkylation sites (tertiary alicyclic amines) is 1. The molecule has 5 heteroatoms. The van der Waals surface area contributed by atoms with Crippen LogP contribution in [-0.4, -0.2) is 40.5 Å². The summed E-state index contributed by atoms with van der Waals surface area (Å²) in [5.41, 5.74) is 5.61. The normalized spacial score (nSPS) is 27.0. The first kappa shape index (κ1) is 14.0. The van der Waals surface area contributed by atoms with E-state index >= 15 is 0 Å². The van der Waals surface area contributed by atoms with Gasteiger partial charge >= 0.3 is 5.97 Å². The Morgan fingerprint density at radius 1 is 1.41 bits per heavy atom. The molecule has 0 radical (unpaired) electrons. The van der Waals surface area contributed by atoms with Gasteiger partial charge in [-0.25, -0.2) is 0 Å². The molecular weight excluding hydrogens is 220 g/mol. The first-order valence-electron chi connectivity index (χ1n) is 5.95. The SMILES string of the molecule is CC1C(C(=O)O)CCN1C(=O)C(N)C(C)(C)C. The third-order valence-corrected chi connectivity index (χ3v) is 3.55. The van der Waals surface area contributed by atoms with Crippen LogP contribution in [0, 0.1) is 11.3 Å². The number of hydrogen-bond acceptors (Lipinski definition) is 3. The minimum Gasteiger partial charge on any atom is -0.481 e. The predicted molar refractivity (Wildman–Crippen MR) is 64.3 cm³/mol. The molecular formula is C12H22N2O3. The van der Waals surface area contributed by atoms with Crippen molar-refractivity contribution in [3.8, 4) is 0 Å². The second-order valence-electron chi connectivity index (χ2n) is 5.85. The third-order valence-electron chi connectivity index (χ3n) is 3.55. The van der Waals surface area contributed by atoms with Crippen molar-refractivity contribution in [1.29, 1.82) is 0 Å². The lowest BCUT2D eigenvalue weighted by atomic mass is 9.86. The van der Waals surface area contributed by atoms with Gasteiger partial charge in [-0.05, 0) is 18.8 Å². The van der Waals surface area contributed by atoms with E-state index in [1.807, 2.05) is 20.8 Å². The molecule has 0 saturated carbocycles. The van der Waals surface area contributed by atoms with Crippen LogP contribution in [-0.2, 0) is 9.59 Å². The van der Waals surface area contributed by atoms with Gasteiger partial charge in [0.25, 0.3) is 0 Å². The summed E-state index contributed by atoms with van der Waals surface area (Å²) in [4.78, 5) is 24.8. The number of hydrogen-bond donors (Lipinski definition) is 2. The summed E-state index contributed by atoms with van der Waals surface area (Å²) in [6.45, 7) is 7.99. The van der Waals surface area contributed by atoms with Crippen molar-refractivity contribution in [3.05, 3.63) is 0 Å². The number of rotatable bonds is 2. The minimum atomic E-state index is -0.836. The Balaban J connectivity index is 2.76. The molecule has 3 atom stereocenters. The second kappa shape index (κ2) is 4.64. The third kappa shape index (κ3) is 2.77. The minimum absolute atomic E-state index is 0.145. The van der Waals surface area contributed by atoms with Crippen LogP contribution in [0.2, 0.25) is 0 Å². The Morgan fingerprint density at radius 3 is 2.29 bits per heavy atom. The largest absolute Gasteiger partial charge is 0.481 e. The first-order valence-corrected chi connectivity index (χ1v) is 5.95. The van der Waals surface area contributed by atoms with Gasteiger partial charge in [0.1, 0.15) is 0 Å². The van der Waals surface area contributed by atoms with Gasteiger partial charge in [0.15, 0.2) is 0 Å². The monoisotopic (exact) mass is 242 g/mol. The summed E-state index contributed by atoms with van der Waals surface area (Å²) in [5, 5.41) is 9.01. The molecule has 98 valence electrons. The van der Waals surface area contributed by atoms with Crippen LogP contribution >= 0.6 is 0 Å². The highest BCUT2D eigenvalue weighted by Gasteiger charge is 2.41. The molecule has 1 amide bonds. The molecule has 3 unspecified atom stereocenters. The standard InChI is InChI=1S/C12H22N2O3/c1-7-8(11(16)17)5-6-14(7)10(15)9(13)12(2,3)4/h7-9H,5-6,13H2,1-4H3,(H,16,17). The molecule has 17 heavy (non-hydrogen) atoms. The predicted octanol–water partition coefficient (Wildman–Crippen LogP) is 0.681. The van der Waals surface area contributed by atoms with E-state index in [2.05, 4.69) is 0 Å². The maximum absolute atomic E-state index is 12.2. The molecule has 1 heterocycles.